The van der Waals surface area contributed by atoms with Crippen molar-refractivity contribution in [1.29, 1.82) is 0 Å². The van der Waals surface area contributed by atoms with Gasteiger partial charge in [-0.1, -0.05) is 31.4 Å². The molecule has 2 atom stereocenters. The third-order valence-electron chi connectivity index (χ3n) is 5.30. The molecule has 1 aliphatic rings. The van der Waals surface area contributed by atoms with Crippen molar-refractivity contribution < 1.29 is 22.8 Å². The van der Waals surface area contributed by atoms with Gasteiger partial charge in [0.15, 0.2) is 0 Å². The van der Waals surface area contributed by atoms with Gasteiger partial charge in [0.1, 0.15) is 11.4 Å². The Morgan fingerprint density at radius 3 is 2.45 bits per heavy atom. The zero-order valence-electron chi connectivity index (χ0n) is 17.0. The van der Waals surface area contributed by atoms with Gasteiger partial charge in [-0.3, -0.25) is 14.5 Å². The third-order valence-corrected chi connectivity index (χ3v) is 6.41. The molecule has 0 saturated heterocycles. The lowest BCUT2D eigenvalue weighted by molar-refractivity contribution is -0.137. The van der Waals surface area contributed by atoms with E-state index < -0.39 is 35.0 Å². The van der Waals surface area contributed by atoms with Crippen LogP contribution in [-0.4, -0.2) is 23.2 Å². The Bertz CT molecular complexity index is 896. The molecule has 1 unspecified atom stereocenters. The number of thiophene rings is 1. The summed E-state index contributed by atoms with van der Waals surface area (Å²) in [6.45, 7) is 1.44. The van der Waals surface area contributed by atoms with Crippen molar-refractivity contribution in [3.8, 4) is 0 Å². The van der Waals surface area contributed by atoms with Crippen LogP contribution in [0.4, 0.5) is 18.9 Å². The first-order chi connectivity index (χ1) is 14.7. The summed E-state index contributed by atoms with van der Waals surface area (Å²) in [5.74, 6) is -1.06. The first-order valence-corrected chi connectivity index (χ1v) is 11.5. The molecule has 4 nitrogen and oxygen atoms in total. The number of nitrogens with one attached hydrogen (secondary N) is 1. The molecule has 1 aromatic heterocycles. The van der Waals surface area contributed by atoms with E-state index in [1.165, 1.54) is 30.4 Å². The topological polar surface area (TPSA) is 49.4 Å². The molecule has 2 aromatic rings. The highest BCUT2D eigenvalue weighted by atomic mass is 35.5. The molecule has 1 fully saturated rings. The number of anilines is 1. The average Bonchev–Trinajstić information content (AvgIpc) is 3.25. The highest BCUT2D eigenvalue weighted by Crippen LogP contribution is 2.36. The quantitative estimate of drug-likeness (QED) is 0.531. The Balaban J connectivity index is 2.04. The molecule has 31 heavy (non-hydrogen) atoms. The van der Waals surface area contributed by atoms with Crippen LogP contribution in [0.3, 0.4) is 0 Å². The number of carbonyl (C=O) groups excluding carboxylic acids is 2. The van der Waals surface area contributed by atoms with Crippen LogP contribution >= 0.6 is 22.9 Å². The van der Waals surface area contributed by atoms with Gasteiger partial charge in [-0.25, -0.2) is 0 Å². The predicted molar refractivity (Wildman–Crippen MR) is 116 cm³/mol. The second kappa shape index (κ2) is 10.0. The normalized spacial score (nSPS) is 17.1. The van der Waals surface area contributed by atoms with Gasteiger partial charge in [-0.15, -0.1) is 22.9 Å². The lowest BCUT2D eigenvalue weighted by Gasteiger charge is -2.33. The summed E-state index contributed by atoms with van der Waals surface area (Å²) in [5, 5.41) is 3.74. The molecule has 1 saturated carbocycles. The van der Waals surface area contributed by atoms with Gasteiger partial charge < -0.3 is 5.32 Å². The number of benzene rings is 1. The highest BCUT2D eigenvalue weighted by molar-refractivity contribution is 7.10. The molecule has 1 aromatic carbocycles. The molecule has 2 amide bonds. The number of carbonyl (C=O) groups is 2. The van der Waals surface area contributed by atoms with Gasteiger partial charge in [0.05, 0.1) is 5.56 Å². The lowest BCUT2D eigenvalue weighted by atomic mass is 9.95. The van der Waals surface area contributed by atoms with E-state index in [4.69, 9.17) is 11.6 Å². The Hall–Kier alpha value is -2.06. The molecule has 0 bridgehead atoms. The maximum absolute atomic E-state index is 13.4. The van der Waals surface area contributed by atoms with E-state index in [1.54, 1.807) is 17.5 Å². The van der Waals surface area contributed by atoms with Crippen LogP contribution in [0.25, 0.3) is 0 Å². The molecule has 0 radical (unpaired) electrons. The Labute approximate surface area is 188 Å². The first kappa shape index (κ1) is 23.6. The second-order valence-corrected chi connectivity index (χ2v) is 9.27. The maximum atomic E-state index is 13.4. The van der Waals surface area contributed by atoms with E-state index >= 15 is 0 Å². The zero-order chi connectivity index (χ0) is 22.6. The minimum absolute atomic E-state index is 0.0180. The van der Waals surface area contributed by atoms with Crippen molar-refractivity contribution >= 4 is 40.4 Å². The van der Waals surface area contributed by atoms with Crippen LogP contribution in [0.2, 0.25) is 0 Å². The fourth-order valence-electron chi connectivity index (χ4n) is 3.77. The Kier molecular flexibility index (Phi) is 7.64. The van der Waals surface area contributed by atoms with Gasteiger partial charge in [-0.05, 0) is 49.4 Å². The van der Waals surface area contributed by atoms with Gasteiger partial charge in [0, 0.05) is 16.6 Å². The molecule has 9 heteroatoms. The highest BCUT2D eigenvalue weighted by Gasteiger charge is 2.38. The molecule has 0 spiro atoms. The summed E-state index contributed by atoms with van der Waals surface area (Å²) >= 11 is 7.33. The molecule has 1 aliphatic carbocycles. The van der Waals surface area contributed by atoms with Gasteiger partial charge in [0.2, 0.25) is 11.8 Å². The largest absolute Gasteiger partial charge is 0.416 e. The molecule has 1 heterocycles. The second-order valence-electron chi connectivity index (χ2n) is 7.63. The van der Waals surface area contributed by atoms with Crippen LogP contribution in [0, 0.1) is 0 Å². The fraction of sp³-hybridized carbons (Fsp3) is 0.455. The van der Waals surface area contributed by atoms with E-state index in [0.29, 0.717) is 4.88 Å². The average molecular weight is 473 g/mol. The fourth-order valence-corrected chi connectivity index (χ4v) is 4.69. The molecule has 1 N–H and O–H groups in total. The zero-order valence-corrected chi connectivity index (χ0v) is 18.6. The Morgan fingerprint density at radius 2 is 1.87 bits per heavy atom. The summed E-state index contributed by atoms with van der Waals surface area (Å²) in [6, 6.07) is 6.73. The van der Waals surface area contributed by atoms with Crippen LogP contribution in [0.15, 0.2) is 41.8 Å². The minimum Gasteiger partial charge on any atom is -0.351 e. The van der Waals surface area contributed by atoms with Crippen molar-refractivity contribution in [2.45, 2.75) is 62.7 Å². The lowest BCUT2D eigenvalue weighted by Crippen LogP contribution is -2.48. The minimum atomic E-state index is -4.58. The molecule has 3 rings (SSSR count). The molecular weight excluding hydrogens is 449 g/mol. The number of nitrogens with zero attached hydrogens (tertiary/aromatic N) is 1. The summed E-state index contributed by atoms with van der Waals surface area (Å²) in [4.78, 5) is 28.1. The number of hydrogen-bond acceptors (Lipinski definition) is 3. The van der Waals surface area contributed by atoms with Crippen LogP contribution < -0.4 is 10.2 Å². The smallest absolute Gasteiger partial charge is 0.351 e. The van der Waals surface area contributed by atoms with Crippen molar-refractivity contribution in [3.63, 3.8) is 0 Å². The maximum Gasteiger partial charge on any atom is 0.416 e. The first-order valence-electron chi connectivity index (χ1n) is 10.2. The van der Waals surface area contributed by atoms with E-state index in [2.05, 4.69) is 5.32 Å². The van der Waals surface area contributed by atoms with Crippen LogP contribution in [-0.2, 0) is 15.8 Å². The van der Waals surface area contributed by atoms with Crippen LogP contribution in [0.5, 0.6) is 0 Å². The van der Waals surface area contributed by atoms with Crippen molar-refractivity contribution in [2.24, 2.45) is 0 Å². The number of amides is 2. The standard InChI is InChI=1S/C22H24ClF3N2O2S/c1-14(23)21(30)28(17-10-5-7-15(13-17)22(24,25)26)19(18-11-6-12-31-18)20(29)27-16-8-3-2-4-9-16/h5-7,10-14,16,19H,2-4,8-9H2,1H3,(H,27,29)/t14-,19?/m1/s1. The summed E-state index contributed by atoms with van der Waals surface area (Å²) in [6.07, 6.45) is 0.214. The Morgan fingerprint density at radius 1 is 1.16 bits per heavy atom. The van der Waals surface area contributed by atoms with E-state index in [1.807, 2.05) is 0 Å². The summed E-state index contributed by atoms with van der Waals surface area (Å²) < 4.78 is 40.0. The summed E-state index contributed by atoms with van der Waals surface area (Å²) in [5.41, 5.74) is -0.924. The molecule has 0 aliphatic heterocycles. The number of hydrogen-bond donors (Lipinski definition) is 1. The number of alkyl halides is 4. The van der Waals surface area contributed by atoms with E-state index in [0.717, 1.165) is 49.1 Å². The van der Waals surface area contributed by atoms with Crippen LogP contribution in [0.1, 0.15) is 55.5 Å². The van der Waals surface area contributed by atoms with Gasteiger partial charge in [-0.2, -0.15) is 13.2 Å². The number of halogens is 4. The monoisotopic (exact) mass is 472 g/mol. The van der Waals surface area contributed by atoms with Gasteiger partial charge >= 0.3 is 6.18 Å². The third kappa shape index (κ3) is 5.80. The van der Waals surface area contributed by atoms with Crippen molar-refractivity contribution in [2.75, 3.05) is 4.90 Å². The molecule has 168 valence electrons. The number of rotatable bonds is 6. The van der Waals surface area contributed by atoms with E-state index in [-0.39, 0.29) is 11.7 Å². The molecular formula is C22H24ClF3N2O2S. The summed E-state index contributed by atoms with van der Waals surface area (Å²) in [7, 11) is 0. The van der Waals surface area contributed by atoms with Crippen molar-refractivity contribution in [1.82, 2.24) is 5.32 Å². The predicted octanol–water partition coefficient (Wildman–Crippen LogP) is 5.92. The SMILES string of the molecule is C[C@@H](Cl)C(=O)N(c1cccc(C(F)(F)F)c1)C(C(=O)NC1CCCCC1)c1cccs1. The van der Waals surface area contributed by atoms with Crippen molar-refractivity contribution in [3.05, 3.63) is 52.2 Å². The van der Waals surface area contributed by atoms with Gasteiger partial charge in [0.25, 0.3) is 0 Å². The van der Waals surface area contributed by atoms with E-state index in [9.17, 15) is 22.8 Å².